The van der Waals surface area contributed by atoms with Gasteiger partial charge in [-0.1, -0.05) is 19.3 Å². The molecular weight excluding hydrogens is 290 g/mol. The second-order valence-corrected chi connectivity index (χ2v) is 6.74. The predicted molar refractivity (Wildman–Crippen MR) is 82.7 cm³/mol. The molecule has 0 atom stereocenters. The van der Waals surface area contributed by atoms with E-state index in [4.69, 9.17) is 0 Å². The molecular formula is C16H18F2N2S. The van der Waals surface area contributed by atoms with E-state index in [-0.39, 0.29) is 0 Å². The third-order valence-electron chi connectivity index (χ3n) is 3.92. The normalized spacial score (nSPS) is 16.1. The molecule has 1 heterocycles. The summed E-state index contributed by atoms with van der Waals surface area (Å²) in [5, 5.41) is 4.35. The Hall–Kier alpha value is -1.49. The summed E-state index contributed by atoms with van der Waals surface area (Å²) in [7, 11) is 0. The number of nitrogens with one attached hydrogen (secondary N) is 1. The largest absolute Gasteiger partial charge is 0.359 e. The van der Waals surface area contributed by atoms with Crippen molar-refractivity contribution in [2.45, 2.75) is 45.1 Å². The lowest BCUT2D eigenvalue weighted by atomic mass is 9.96. The van der Waals surface area contributed by atoms with Crippen molar-refractivity contribution in [1.29, 1.82) is 0 Å². The predicted octanol–water partition coefficient (Wildman–Crippen LogP) is 5.14. The average molecular weight is 308 g/mol. The van der Waals surface area contributed by atoms with Crippen molar-refractivity contribution in [2.24, 2.45) is 0 Å². The molecule has 21 heavy (non-hydrogen) atoms. The first-order chi connectivity index (χ1) is 10.1. The van der Waals surface area contributed by atoms with Gasteiger partial charge in [0.1, 0.15) is 0 Å². The highest BCUT2D eigenvalue weighted by atomic mass is 32.1. The fourth-order valence-electron chi connectivity index (χ4n) is 2.79. The molecule has 0 spiro atoms. The Balaban J connectivity index is 1.81. The minimum absolute atomic E-state index is 0.488. The van der Waals surface area contributed by atoms with Crippen LogP contribution in [0.3, 0.4) is 0 Å². The Labute approximate surface area is 127 Å². The smallest absolute Gasteiger partial charge is 0.183 e. The summed E-state index contributed by atoms with van der Waals surface area (Å²) in [6, 6.07) is 4.42. The van der Waals surface area contributed by atoms with Crippen LogP contribution in [0.15, 0.2) is 18.2 Å². The van der Waals surface area contributed by atoms with Gasteiger partial charge < -0.3 is 5.32 Å². The van der Waals surface area contributed by atoms with E-state index in [9.17, 15) is 8.78 Å². The molecule has 0 amide bonds. The van der Waals surface area contributed by atoms with Crippen molar-refractivity contribution in [3.63, 3.8) is 0 Å². The molecule has 1 aromatic heterocycles. The van der Waals surface area contributed by atoms with E-state index < -0.39 is 11.6 Å². The van der Waals surface area contributed by atoms with E-state index in [1.807, 2.05) is 6.92 Å². The number of nitrogens with zero attached hydrogens (tertiary/aromatic N) is 1. The van der Waals surface area contributed by atoms with Gasteiger partial charge in [0.15, 0.2) is 16.8 Å². The fourth-order valence-corrected chi connectivity index (χ4v) is 3.70. The maximum absolute atomic E-state index is 13.4. The van der Waals surface area contributed by atoms with Gasteiger partial charge in [0, 0.05) is 16.5 Å². The quantitative estimate of drug-likeness (QED) is 0.849. The Kier molecular flexibility index (Phi) is 4.19. The van der Waals surface area contributed by atoms with Crippen LogP contribution in [0, 0.1) is 18.6 Å². The number of hydrogen-bond acceptors (Lipinski definition) is 3. The Morgan fingerprint density at radius 2 is 1.90 bits per heavy atom. The van der Waals surface area contributed by atoms with E-state index >= 15 is 0 Å². The van der Waals surface area contributed by atoms with Crippen LogP contribution >= 0.6 is 11.3 Å². The van der Waals surface area contributed by atoms with E-state index in [1.54, 1.807) is 17.4 Å². The summed E-state index contributed by atoms with van der Waals surface area (Å²) >= 11 is 1.57. The maximum atomic E-state index is 13.4. The van der Waals surface area contributed by atoms with Gasteiger partial charge in [0.05, 0.1) is 5.69 Å². The number of thiazole rings is 1. The second kappa shape index (κ2) is 6.10. The summed E-state index contributed by atoms with van der Waals surface area (Å²) in [4.78, 5) is 5.58. The van der Waals surface area contributed by atoms with Crippen LogP contribution in [0.25, 0.3) is 11.3 Å². The molecule has 1 fully saturated rings. The minimum atomic E-state index is -0.832. The lowest BCUT2D eigenvalue weighted by Gasteiger charge is -2.22. The first kappa shape index (κ1) is 14.4. The van der Waals surface area contributed by atoms with Crippen LogP contribution < -0.4 is 5.32 Å². The van der Waals surface area contributed by atoms with E-state index in [0.717, 1.165) is 21.8 Å². The topological polar surface area (TPSA) is 24.9 Å². The number of benzene rings is 1. The zero-order valence-electron chi connectivity index (χ0n) is 12.0. The lowest BCUT2D eigenvalue weighted by Crippen LogP contribution is -2.21. The molecule has 1 aromatic carbocycles. The number of aromatic nitrogens is 1. The lowest BCUT2D eigenvalue weighted by molar-refractivity contribution is 0.462. The van der Waals surface area contributed by atoms with Crippen LogP contribution in [-0.4, -0.2) is 11.0 Å². The summed E-state index contributed by atoms with van der Waals surface area (Å²) in [6.07, 6.45) is 6.20. The Morgan fingerprint density at radius 1 is 1.14 bits per heavy atom. The molecule has 1 aliphatic carbocycles. The first-order valence-electron chi connectivity index (χ1n) is 7.33. The van der Waals surface area contributed by atoms with E-state index in [1.165, 1.54) is 38.2 Å². The molecule has 0 bridgehead atoms. The number of anilines is 1. The molecule has 3 rings (SSSR count). The highest BCUT2D eigenvalue weighted by molar-refractivity contribution is 7.16. The van der Waals surface area contributed by atoms with Gasteiger partial charge in [-0.25, -0.2) is 13.8 Å². The third kappa shape index (κ3) is 3.23. The molecule has 1 N–H and O–H groups in total. The van der Waals surface area contributed by atoms with Crippen LogP contribution in [-0.2, 0) is 0 Å². The molecule has 5 heteroatoms. The molecule has 112 valence electrons. The Morgan fingerprint density at radius 3 is 2.62 bits per heavy atom. The second-order valence-electron chi connectivity index (χ2n) is 5.53. The van der Waals surface area contributed by atoms with Gasteiger partial charge in [-0.3, -0.25) is 0 Å². The summed E-state index contributed by atoms with van der Waals surface area (Å²) in [5.74, 6) is -1.66. The van der Waals surface area contributed by atoms with Gasteiger partial charge in [-0.05, 0) is 38.0 Å². The standard InChI is InChI=1S/C16H18F2N2S/c1-10-15(11-7-8-13(17)14(18)9-11)20-16(21-10)19-12-5-3-2-4-6-12/h7-9,12H,2-6H2,1H3,(H,19,20). The number of halogens is 2. The molecule has 0 unspecified atom stereocenters. The number of rotatable bonds is 3. The van der Waals surface area contributed by atoms with Gasteiger partial charge in [0.2, 0.25) is 0 Å². The summed E-state index contributed by atoms with van der Waals surface area (Å²) in [5.41, 5.74) is 1.36. The Bertz CT molecular complexity index is 633. The zero-order valence-corrected chi connectivity index (χ0v) is 12.8. The highest BCUT2D eigenvalue weighted by Crippen LogP contribution is 2.32. The van der Waals surface area contributed by atoms with Crippen molar-refractivity contribution in [2.75, 3.05) is 5.32 Å². The highest BCUT2D eigenvalue weighted by Gasteiger charge is 2.17. The molecule has 1 saturated carbocycles. The van der Waals surface area contributed by atoms with Crippen molar-refractivity contribution in [3.8, 4) is 11.3 Å². The SMILES string of the molecule is Cc1sc(NC2CCCCC2)nc1-c1ccc(F)c(F)c1. The van der Waals surface area contributed by atoms with Crippen LogP contribution in [0.1, 0.15) is 37.0 Å². The van der Waals surface area contributed by atoms with Gasteiger partial charge >= 0.3 is 0 Å². The van der Waals surface area contributed by atoms with Gasteiger partial charge in [0.25, 0.3) is 0 Å². The van der Waals surface area contributed by atoms with Gasteiger partial charge in [-0.15, -0.1) is 11.3 Å². The van der Waals surface area contributed by atoms with Gasteiger partial charge in [-0.2, -0.15) is 0 Å². The molecule has 2 nitrogen and oxygen atoms in total. The van der Waals surface area contributed by atoms with Crippen LogP contribution in [0.2, 0.25) is 0 Å². The summed E-state index contributed by atoms with van der Waals surface area (Å²) in [6.45, 7) is 1.96. The van der Waals surface area contributed by atoms with Crippen LogP contribution in [0.5, 0.6) is 0 Å². The molecule has 1 aliphatic rings. The average Bonchev–Trinajstić information content (AvgIpc) is 2.84. The van der Waals surface area contributed by atoms with Crippen LogP contribution in [0.4, 0.5) is 13.9 Å². The minimum Gasteiger partial charge on any atom is -0.359 e. The first-order valence-corrected chi connectivity index (χ1v) is 8.14. The summed E-state index contributed by atoms with van der Waals surface area (Å²) < 4.78 is 26.4. The van der Waals surface area contributed by atoms with E-state index in [0.29, 0.717) is 11.6 Å². The van der Waals surface area contributed by atoms with Crippen molar-refractivity contribution in [1.82, 2.24) is 4.98 Å². The fraction of sp³-hybridized carbons (Fsp3) is 0.438. The molecule has 0 aliphatic heterocycles. The molecule has 2 aromatic rings. The monoisotopic (exact) mass is 308 g/mol. The number of hydrogen-bond donors (Lipinski definition) is 1. The van der Waals surface area contributed by atoms with Crippen molar-refractivity contribution in [3.05, 3.63) is 34.7 Å². The van der Waals surface area contributed by atoms with Crippen molar-refractivity contribution < 1.29 is 8.78 Å². The zero-order chi connectivity index (χ0) is 14.8. The number of aryl methyl sites for hydroxylation is 1. The van der Waals surface area contributed by atoms with E-state index in [2.05, 4.69) is 10.3 Å². The molecule has 0 radical (unpaired) electrons. The molecule has 0 saturated heterocycles. The maximum Gasteiger partial charge on any atom is 0.183 e. The third-order valence-corrected chi connectivity index (χ3v) is 4.82. The van der Waals surface area contributed by atoms with Crippen molar-refractivity contribution >= 4 is 16.5 Å².